The molecule has 0 N–H and O–H groups in total. The molecule has 0 bridgehead atoms. The molecule has 0 aliphatic rings. The van der Waals surface area contributed by atoms with Gasteiger partial charge in [0.1, 0.15) is 11.1 Å². The summed E-state index contributed by atoms with van der Waals surface area (Å²) < 4.78 is 3.02. The van der Waals surface area contributed by atoms with Crippen molar-refractivity contribution < 1.29 is 0 Å². The standard InChI is InChI=1S/C25H18BrN3/c26-22-16-24-23(27-17-22)18-28-29(24)25(19-10-4-1-5-11-19,20-12-6-2-7-13-20)21-14-8-3-9-15-21/h1-18H. The smallest absolute Gasteiger partial charge is 0.138 e. The van der Waals surface area contributed by atoms with Crippen LogP contribution in [0.2, 0.25) is 0 Å². The van der Waals surface area contributed by atoms with Gasteiger partial charge in [-0.05, 0) is 38.7 Å². The molecule has 5 aromatic rings. The van der Waals surface area contributed by atoms with Crippen LogP contribution in [0.25, 0.3) is 11.0 Å². The maximum Gasteiger partial charge on any atom is 0.138 e. The Morgan fingerprint density at radius 2 is 1.14 bits per heavy atom. The summed E-state index contributed by atoms with van der Waals surface area (Å²) in [7, 11) is 0. The van der Waals surface area contributed by atoms with Crippen LogP contribution in [0.3, 0.4) is 0 Å². The second-order valence-corrected chi connectivity index (χ2v) is 7.84. The van der Waals surface area contributed by atoms with E-state index in [1.54, 1.807) is 0 Å². The molecule has 4 heteroatoms. The summed E-state index contributed by atoms with van der Waals surface area (Å²) in [5, 5.41) is 4.87. The minimum absolute atomic E-state index is 0.631. The molecule has 0 saturated carbocycles. The average Bonchev–Trinajstić information content (AvgIpc) is 3.20. The molecule has 3 nitrogen and oxygen atoms in total. The predicted molar refractivity (Wildman–Crippen MR) is 120 cm³/mol. The van der Waals surface area contributed by atoms with Gasteiger partial charge in [-0.1, -0.05) is 91.0 Å². The Morgan fingerprint density at radius 1 is 0.655 bits per heavy atom. The third-order valence-corrected chi connectivity index (χ3v) is 5.71. The van der Waals surface area contributed by atoms with Gasteiger partial charge < -0.3 is 0 Å². The highest BCUT2D eigenvalue weighted by molar-refractivity contribution is 9.10. The molecule has 0 amide bonds. The molecule has 0 saturated heterocycles. The van der Waals surface area contributed by atoms with Gasteiger partial charge >= 0.3 is 0 Å². The molecule has 0 fully saturated rings. The zero-order chi connectivity index (χ0) is 19.7. The first-order valence-corrected chi connectivity index (χ1v) is 10.3. The second-order valence-electron chi connectivity index (χ2n) is 6.92. The highest BCUT2D eigenvalue weighted by atomic mass is 79.9. The molecule has 0 radical (unpaired) electrons. The van der Waals surface area contributed by atoms with Crippen molar-refractivity contribution in [2.45, 2.75) is 5.54 Å². The summed E-state index contributed by atoms with van der Waals surface area (Å²) in [5.41, 5.74) is 4.62. The fraction of sp³-hybridized carbons (Fsp3) is 0.0400. The third-order valence-electron chi connectivity index (χ3n) is 5.28. The van der Waals surface area contributed by atoms with Crippen LogP contribution in [-0.2, 0) is 5.54 Å². The molecule has 5 rings (SSSR count). The van der Waals surface area contributed by atoms with E-state index in [9.17, 15) is 0 Å². The van der Waals surface area contributed by atoms with Crippen LogP contribution >= 0.6 is 15.9 Å². The molecule has 0 unspecified atom stereocenters. The first kappa shape index (κ1) is 17.8. The lowest BCUT2D eigenvalue weighted by Crippen LogP contribution is -2.38. The van der Waals surface area contributed by atoms with E-state index in [1.165, 1.54) is 0 Å². The van der Waals surface area contributed by atoms with Crippen LogP contribution in [-0.4, -0.2) is 14.8 Å². The molecule has 0 aliphatic carbocycles. The molecule has 2 heterocycles. The Bertz CT molecular complexity index is 1150. The highest BCUT2D eigenvalue weighted by Gasteiger charge is 2.40. The second kappa shape index (κ2) is 7.30. The number of pyridine rings is 1. The first-order chi connectivity index (χ1) is 14.3. The van der Waals surface area contributed by atoms with Gasteiger partial charge in [0.15, 0.2) is 0 Å². The van der Waals surface area contributed by atoms with Crippen molar-refractivity contribution in [2.75, 3.05) is 0 Å². The number of hydrogen-bond acceptors (Lipinski definition) is 2. The summed E-state index contributed by atoms with van der Waals surface area (Å²) in [6.07, 6.45) is 3.65. The van der Waals surface area contributed by atoms with Gasteiger partial charge in [-0.2, -0.15) is 5.10 Å². The molecule has 0 aliphatic heterocycles. The Labute approximate surface area is 177 Å². The van der Waals surface area contributed by atoms with Gasteiger partial charge in [0.2, 0.25) is 0 Å². The van der Waals surface area contributed by atoms with E-state index in [0.29, 0.717) is 0 Å². The van der Waals surface area contributed by atoms with Crippen molar-refractivity contribution in [1.29, 1.82) is 0 Å². The summed E-state index contributed by atoms with van der Waals surface area (Å²) in [5.74, 6) is 0. The Kier molecular flexibility index (Phi) is 4.49. The molecule has 0 spiro atoms. The van der Waals surface area contributed by atoms with Crippen LogP contribution < -0.4 is 0 Å². The topological polar surface area (TPSA) is 30.7 Å². The molecule has 29 heavy (non-hydrogen) atoms. The lowest BCUT2D eigenvalue weighted by atomic mass is 9.77. The molecular weight excluding hydrogens is 422 g/mol. The highest BCUT2D eigenvalue weighted by Crippen LogP contribution is 2.42. The van der Waals surface area contributed by atoms with E-state index >= 15 is 0 Å². The van der Waals surface area contributed by atoms with Crippen LogP contribution in [0.5, 0.6) is 0 Å². The zero-order valence-electron chi connectivity index (χ0n) is 15.6. The van der Waals surface area contributed by atoms with Gasteiger partial charge in [-0.25, -0.2) is 4.68 Å². The zero-order valence-corrected chi connectivity index (χ0v) is 17.2. The van der Waals surface area contributed by atoms with Gasteiger partial charge in [0.25, 0.3) is 0 Å². The van der Waals surface area contributed by atoms with Crippen molar-refractivity contribution >= 4 is 27.0 Å². The average molecular weight is 440 g/mol. The van der Waals surface area contributed by atoms with E-state index in [-0.39, 0.29) is 0 Å². The number of hydrogen-bond donors (Lipinski definition) is 0. The normalized spacial score (nSPS) is 11.6. The first-order valence-electron chi connectivity index (χ1n) is 9.46. The summed E-state index contributed by atoms with van der Waals surface area (Å²) in [4.78, 5) is 4.57. The summed E-state index contributed by atoms with van der Waals surface area (Å²) in [6, 6.07) is 33.7. The lowest BCUT2D eigenvalue weighted by molar-refractivity contribution is 0.476. The molecule has 3 aromatic carbocycles. The van der Waals surface area contributed by atoms with Gasteiger partial charge in [-0.15, -0.1) is 0 Å². The number of nitrogens with zero attached hydrogens (tertiary/aromatic N) is 3. The number of benzene rings is 3. The molecular formula is C25H18BrN3. The fourth-order valence-corrected chi connectivity index (χ4v) is 4.37. The quantitative estimate of drug-likeness (QED) is 0.320. The number of halogens is 1. The van der Waals surface area contributed by atoms with Crippen LogP contribution in [0, 0.1) is 0 Å². The third kappa shape index (κ3) is 2.88. The maximum atomic E-state index is 4.87. The van der Waals surface area contributed by atoms with Crippen LogP contribution in [0.4, 0.5) is 0 Å². The molecule has 0 atom stereocenters. The van der Waals surface area contributed by atoms with Crippen molar-refractivity contribution in [2.24, 2.45) is 0 Å². The van der Waals surface area contributed by atoms with E-state index in [4.69, 9.17) is 5.10 Å². The number of fused-ring (bicyclic) bond motifs is 1. The molecule has 2 aromatic heterocycles. The van der Waals surface area contributed by atoms with Crippen molar-refractivity contribution in [1.82, 2.24) is 14.8 Å². The van der Waals surface area contributed by atoms with Crippen molar-refractivity contribution in [3.63, 3.8) is 0 Å². The number of rotatable bonds is 4. The minimum atomic E-state index is -0.631. The van der Waals surface area contributed by atoms with E-state index in [1.807, 2.05) is 30.6 Å². The fourth-order valence-electron chi connectivity index (χ4n) is 4.06. The van der Waals surface area contributed by atoms with Crippen molar-refractivity contribution in [3.8, 4) is 0 Å². The largest absolute Gasteiger partial charge is 0.252 e. The molecule has 140 valence electrons. The Balaban J connectivity index is 1.97. The predicted octanol–water partition coefficient (Wildman–Crippen LogP) is 6.03. The summed E-state index contributed by atoms with van der Waals surface area (Å²) >= 11 is 3.58. The van der Waals surface area contributed by atoms with E-state index in [2.05, 4.69) is 104 Å². The van der Waals surface area contributed by atoms with Gasteiger partial charge in [-0.3, -0.25) is 4.98 Å². The van der Waals surface area contributed by atoms with Crippen LogP contribution in [0.1, 0.15) is 16.7 Å². The number of aromatic nitrogens is 3. The van der Waals surface area contributed by atoms with Crippen molar-refractivity contribution in [3.05, 3.63) is 131 Å². The van der Waals surface area contributed by atoms with E-state index < -0.39 is 5.54 Å². The van der Waals surface area contributed by atoms with Crippen LogP contribution in [0.15, 0.2) is 114 Å². The Hall–Kier alpha value is -3.24. The summed E-state index contributed by atoms with van der Waals surface area (Å²) in [6.45, 7) is 0. The monoisotopic (exact) mass is 439 g/mol. The van der Waals surface area contributed by atoms with Gasteiger partial charge in [0, 0.05) is 10.7 Å². The lowest BCUT2D eigenvalue weighted by Gasteiger charge is -2.36. The SMILES string of the molecule is Brc1cnc2cnn(C(c3ccccc3)(c3ccccc3)c3ccccc3)c2c1. The minimum Gasteiger partial charge on any atom is -0.252 e. The van der Waals surface area contributed by atoms with E-state index in [0.717, 1.165) is 32.2 Å². The Morgan fingerprint density at radius 3 is 1.62 bits per heavy atom. The maximum absolute atomic E-state index is 4.87. The van der Waals surface area contributed by atoms with Gasteiger partial charge in [0.05, 0.1) is 11.7 Å².